The number of hydrogen-bond donors (Lipinski definition) is 0. The Morgan fingerprint density at radius 3 is 1.90 bits per heavy atom. The summed E-state index contributed by atoms with van der Waals surface area (Å²) in [7, 11) is 0. The maximum Gasteiger partial charge on any atom is 0.165 e. The van der Waals surface area contributed by atoms with E-state index < -0.39 is 0 Å². The summed E-state index contributed by atoms with van der Waals surface area (Å²) in [5.41, 5.74) is 6.68. The number of nitrogens with zero attached hydrogens (tertiary/aromatic N) is 3. The summed E-state index contributed by atoms with van der Waals surface area (Å²) in [6.07, 6.45) is 0. The Morgan fingerprint density at radius 2 is 1.02 bits per heavy atom. The lowest BCUT2D eigenvalue weighted by molar-refractivity contribution is 0.669. The number of benzene rings is 7. The SMILES string of the molecule is c1ccc(-c2nc(-c3cccc4c3sc3ccccc34)nc(-c3c(-c4cccc5sc6ccccc6c45)ccc4oc5ccccc5c34)n2)cc1. The first-order valence-electron chi connectivity index (χ1n) is 16.9. The Hall–Kier alpha value is -6.21. The zero-order chi connectivity index (χ0) is 33.5. The van der Waals surface area contributed by atoms with Gasteiger partial charge >= 0.3 is 0 Å². The van der Waals surface area contributed by atoms with Crippen molar-refractivity contribution in [2.75, 3.05) is 0 Å². The Morgan fingerprint density at radius 1 is 0.373 bits per heavy atom. The van der Waals surface area contributed by atoms with Crippen LogP contribution in [-0.4, -0.2) is 15.0 Å². The minimum atomic E-state index is 0.612. The van der Waals surface area contributed by atoms with Gasteiger partial charge < -0.3 is 4.42 Å². The molecular weight excluding hydrogens is 663 g/mol. The van der Waals surface area contributed by atoms with Crippen LogP contribution in [0, 0.1) is 0 Å². The number of para-hydroxylation sites is 1. The third kappa shape index (κ3) is 4.40. The summed E-state index contributed by atoms with van der Waals surface area (Å²) in [6.45, 7) is 0. The van der Waals surface area contributed by atoms with Crippen LogP contribution in [0.5, 0.6) is 0 Å². The maximum absolute atomic E-state index is 6.50. The predicted octanol–water partition coefficient (Wildman–Crippen LogP) is 13.2. The molecule has 0 radical (unpaired) electrons. The second kappa shape index (κ2) is 11.2. The molecule has 238 valence electrons. The van der Waals surface area contributed by atoms with Crippen LogP contribution < -0.4 is 0 Å². The quantitative estimate of drug-likeness (QED) is 0.185. The molecule has 0 saturated heterocycles. The summed E-state index contributed by atoms with van der Waals surface area (Å²) >= 11 is 3.61. The third-order valence-electron chi connectivity index (χ3n) is 9.77. The van der Waals surface area contributed by atoms with E-state index in [1.807, 2.05) is 41.7 Å². The summed E-state index contributed by atoms with van der Waals surface area (Å²) in [5.74, 6) is 1.88. The lowest BCUT2D eigenvalue weighted by Crippen LogP contribution is -2.01. The van der Waals surface area contributed by atoms with Crippen LogP contribution in [0.25, 0.3) is 108 Å². The first kappa shape index (κ1) is 28.6. The molecule has 51 heavy (non-hydrogen) atoms. The first-order chi connectivity index (χ1) is 25.3. The molecule has 4 nitrogen and oxygen atoms in total. The van der Waals surface area contributed by atoms with Crippen LogP contribution in [0.1, 0.15) is 0 Å². The summed E-state index contributed by atoms with van der Waals surface area (Å²) in [6, 6.07) is 53.0. The van der Waals surface area contributed by atoms with Crippen molar-refractivity contribution in [2.24, 2.45) is 0 Å². The molecule has 0 N–H and O–H groups in total. The molecule has 6 heteroatoms. The summed E-state index contributed by atoms with van der Waals surface area (Å²) in [4.78, 5) is 15.9. The topological polar surface area (TPSA) is 51.8 Å². The molecule has 11 aromatic rings. The molecule has 0 saturated carbocycles. The van der Waals surface area contributed by atoms with E-state index in [-0.39, 0.29) is 0 Å². The van der Waals surface area contributed by atoms with Gasteiger partial charge in [0.05, 0.1) is 0 Å². The van der Waals surface area contributed by atoms with E-state index in [4.69, 9.17) is 19.4 Å². The van der Waals surface area contributed by atoms with Gasteiger partial charge in [-0.05, 0) is 53.6 Å². The molecular formula is C45H25N3OS2. The molecule has 0 unspecified atom stereocenters. The van der Waals surface area contributed by atoms with Crippen LogP contribution in [0.15, 0.2) is 156 Å². The fraction of sp³-hybridized carbons (Fsp3) is 0. The van der Waals surface area contributed by atoms with Crippen molar-refractivity contribution in [1.82, 2.24) is 15.0 Å². The van der Waals surface area contributed by atoms with E-state index in [1.165, 1.54) is 35.6 Å². The van der Waals surface area contributed by atoms with Gasteiger partial charge in [-0.1, -0.05) is 109 Å². The summed E-state index contributed by atoms with van der Waals surface area (Å²) in [5, 5.41) is 6.95. The Balaban J connectivity index is 1.28. The number of rotatable bonds is 4. The van der Waals surface area contributed by atoms with Gasteiger partial charge in [0.15, 0.2) is 17.5 Å². The van der Waals surface area contributed by atoms with Crippen molar-refractivity contribution in [3.05, 3.63) is 152 Å². The number of hydrogen-bond acceptors (Lipinski definition) is 6. The van der Waals surface area contributed by atoms with Gasteiger partial charge in [0.1, 0.15) is 11.2 Å². The molecule has 0 aliphatic rings. The molecule has 7 aromatic carbocycles. The number of fused-ring (bicyclic) bond motifs is 9. The number of furan rings is 1. The fourth-order valence-corrected chi connectivity index (χ4v) is 9.86. The van der Waals surface area contributed by atoms with Gasteiger partial charge in [-0.2, -0.15) is 0 Å². The predicted molar refractivity (Wildman–Crippen MR) is 215 cm³/mol. The first-order valence-corrected chi connectivity index (χ1v) is 18.5. The molecule has 0 aliphatic heterocycles. The minimum absolute atomic E-state index is 0.612. The van der Waals surface area contributed by atoms with E-state index in [1.54, 1.807) is 11.3 Å². The minimum Gasteiger partial charge on any atom is -0.456 e. The Labute approximate surface area is 299 Å². The fourth-order valence-electron chi connectivity index (χ4n) is 7.52. The molecule has 0 atom stereocenters. The standard InChI is InChI=1S/C45H25N3OS2/c1-2-12-26(13-3-1)43-46-44(33-19-10-18-30-27-14-5-8-21-36(27)51-42(30)33)48-45(47-43)41-29(24-25-35-40(41)31-15-4-7-20-34(31)49-35)28-17-11-23-38-39(28)32-16-6-9-22-37(32)50-38/h1-25H. The molecule has 0 amide bonds. The number of aromatic nitrogens is 3. The molecule has 4 aromatic heterocycles. The van der Waals surface area contributed by atoms with Crippen molar-refractivity contribution in [1.29, 1.82) is 0 Å². The highest BCUT2D eigenvalue weighted by Crippen LogP contribution is 2.47. The summed E-state index contributed by atoms with van der Waals surface area (Å²) < 4.78 is 11.4. The molecule has 0 spiro atoms. The van der Waals surface area contributed by atoms with Crippen LogP contribution in [-0.2, 0) is 0 Å². The van der Waals surface area contributed by atoms with Crippen LogP contribution in [0.4, 0.5) is 0 Å². The van der Waals surface area contributed by atoms with Gasteiger partial charge in [0.2, 0.25) is 0 Å². The van der Waals surface area contributed by atoms with E-state index in [2.05, 4.69) is 121 Å². The van der Waals surface area contributed by atoms with E-state index >= 15 is 0 Å². The number of thiophene rings is 2. The van der Waals surface area contributed by atoms with E-state index in [0.717, 1.165) is 54.5 Å². The van der Waals surface area contributed by atoms with Crippen LogP contribution in [0.2, 0.25) is 0 Å². The Bertz CT molecular complexity index is 3160. The van der Waals surface area contributed by atoms with Gasteiger partial charge in [-0.3, -0.25) is 0 Å². The smallest absolute Gasteiger partial charge is 0.165 e. The van der Waals surface area contributed by atoms with Crippen molar-refractivity contribution < 1.29 is 4.42 Å². The van der Waals surface area contributed by atoms with Crippen LogP contribution in [0.3, 0.4) is 0 Å². The third-order valence-corrected chi connectivity index (χ3v) is 12.1. The Kier molecular flexibility index (Phi) is 6.26. The molecule has 0 fully saturated rings. The van der Waals surface area contributed by atoms with Gasteiger partial charge in [0, 0.05) is 67.8 Å². The normalized spacial score (nSPS) is 11.9. The monoisotopic (exact) mass is 687 g/mol. The van der Waals surface area contributed by atoms with Gasteiger partial charge in [0.25, 0.3) is 0 Å². The van der Waals surface area contributed by atoms with Crippen molar-refractivity contribution in [2.45, 2.75) is 0 Å². The zero-order valence-corrected chi connectivity index (χ0v) is 28.6. The van der Waals surface area contributed by atoms with Crippen LogP contribution >= 0.6 is 22.7 Å². The van der Waals surface area contributed by atoms with E-state index in [0.29, 0.717) is 17.5 Å². The molecule has 0 bridgehead atoms. The highest BCUT2D eigenvalue weighted by molar-refractivity contribution is 7.26. The highest BCUT2D eigenvalue weighted by Gasteiger charge is 2.24. The lowest BCUT2D eigenvalue weighted by atomic mass is 9.92. The molecule has 0 aliphatic carbocycles. The second-order valence-electron chi connectivity index (χ2n) is 12.7. The molecule has 11 rings (SSSR count). The average Bonchev–Trinajstić information content (AvgIpc) is 3.89. The molecule has 4 heterocycles. The average molecular weight is 688 g/mol. The zero-order valence-electron chi connectivity index (χ0n) is 27.0. The van der Waals surface area contributed by atoms with Crippen molar-refractivity contribution in [3.63, 3.8) is 0 Å². The largest absolute Gasteiger partial charge is 0.456 e. The van der Waals surface area contributed by atoms with Gasteiger partial charge in [-0.15, -0.1) is 22.7 Å². The van der Waals surface area contributed by atoms with Gasteiger partial charge in [-0.25, -0.2) is 15.0 Å². The maximum atomic E-state index is 6.50. The van der Waals surface area contributed by atoms with Crippen molar-refractivity contribution >= 4 is 85.0 Å². The van der Waals surface area contributed by atoms with Crippen molar-refractivity contribution in [3.8, 4) is 45.3 Å². The lowest BCUT2D eigenvalue weighted by Gasteiger charge is -2.14. The second-order valence-corrected chi connectivity index (χ2v) is 14.8. The van der Waals surface area contributed by atoms with E-state index in [9.17, 15) is 0 Å². The highest BCUT2D eigenvalue weighted by atomic mass is 32.1.